The van der Waals surface area contributed by atoms with Gasteiger partial charge in [-0.25, -0.2) is 4.39 Å². The third kappa shape index (κ3) is 5.23. The second kappa shape index (κ2) is 10.7. The number of carboxylic acids is 1. The molecule has 2 aliphatic rings. The van der Waals surface area contributed by atoms with E-state index in [0.717, 1.165) is 28.7 Å². The molecule has 3 aromatic rings. The van der Waals surface area contributed by atoms with Gasteiger partial charge in [0.05, 0.1) is 32.2 Å². The number of carboxylic acid groups (broad SMARTS) is 1. The standard InChI is InChI=1S/C30H30FNO5/c1-2-36-27-15-19(16-30(34)35)7-8-24(27)22-9-10-26(31)23-11-13-32(18-25(22)23)29(33)17-28-21-6-4-3-5-20(21)12-14-37-28/h3-10,15,28H,2,11-14,16-18H2,1H3,(H,34,35). The number of hydrogen-bond acceptors (Lipinski definition) is 4. The molecule has 0 saturated carbocycles. The maximum absolute atomic E-state index is 14.9. The van der Waals surface area contributed by atoms with Gasteiger partial charge in [-0.2, -0.15) is 0 Å². The first-order valence-electron chi connectivity index (χ1n) is 12.7. The molecule has 2 heterocycles. The van der Waals surface area contributed by atoms with E-state index in [1.54, 1.807) is 23.1 Å². The molecule has 6 nitrogen and oxygen atoms in total. The lowest BCUT2D eigenvalue weighted by molar-refractivity contribution is -0.136. The molecule has 7 heteroatoms. The Morgan fingerprint density at radius 3 is 2.70 bits per heavy atom. The highest BCUT2D eigenvalue weighted by Gasteiger charge is 2.30. The summed E-state index contributed by atoms with van der Waals surface area (Å²) in [4.78, 5) is 26.4. The fourth-order valence-corrected chi connectivity index (χ4v) is 5.38. The molecule has 5 rings (SSSR count). The Hall–Kier alpha value is -3.71. The van der Waals surface area contributed by atoms with E-state index in [1.165, 1.54) is 11.6 Å². The Morgan fingerprint density at radius 2 is 1.89 bits per heavy atom. The van der Waals surface area contributed by atoms with Gasteiger partial charge in [0.25, 0.3) is 0 Å². The van der Waals surface area contributed by atoms with Gasteiger partial charge < -0.3 is 19.5 Å². The van der Waals surface area contributed by atoms with Crippen molar-refractivity contribution in [2.24, 2.45) is 0 Å². The number of rotatable bonds is 7. The van der Waals surface area contributed by atoms with E-state index in [4.69, 9.17) is 9.47 Å². The molecule has 192 valence electrons. The van der Waals surface area contributed by atoms with E-state index >= 15 is 0 Å². The van der Waals surface area contributed by atoms with Crippen LogP contribution in [0.1, 0.15) is 47.3 Å². The molecule has 0 spiro atoms. The third-order valence-corrected chi connectivity index (χ3v) is 7.15. The summed E-state index contributed by atoms with van der Waals surface area (Å²) in [5, 5.41) is 9.19. The van der Waals surface area contributed by atoms with Crippen molar-refractivity contribution in [2.45, 2.75) is 45.3 Å². The number of carbonyl (C=O) groups is 2. The molecule has 1 unspecified atom stereocenters. The quantitative estimate of drug-likeness (QED) is 0.485. The van der Waals surface area contributed by atoms with Crippen LogP contribution in [-0.2, 0) is 40.1 Å². The van der Waals surface area contributed by atoms with Crippen LogP contribution in [0.25, 0.3) is 11.1 Å². The number of halogens is 1. The van der Waals surface area contributed by atoms with E-state index in [-0.39, 0.29) is 37.2 Å². The lowest BCUT2D eigenvalue weighted by Gasteiger charge is -2.33. The number of nitrogens with zero attached hydrogens (tertiary/aromatic N) is 1. The summed E-state index contributed by atoms with van der Waals surface area (Å²) in [6, 6.07) is 16.6. The summed E-state index contributed by atoms with van der Waals surface area (Å²) >= 11 is 0. The van der Waals surface area contributed by atoms with Crippen molar-refractivity contribution in [1.29, 1.82) is 0 Å². The minimum absolute atomic E-state index is 0.0237. The van der Waals surface area contributed by atoms with Crippen LogP contribution in [0.4, 0.5) is 4.39 Å². The largest absolute Gasteiger partial charge is 0.493 e. The van der Waals surface area contributed by atoms with Crippen LogP contribution >= 0.6 is 0 Å². The molecule has 1 amide bonds. The maximum Gasteiger partial charge on any atom is 0.307 e. The van der Waals surface area contributed by atoms with Crippen LogP contribution in [0, 0.1) is 5.82 Å². The highest BCUT2D eigenvalue weighted by atomic mass is 19.1. The maximum atomic E-state index is 14.9. The molecule has 0 bridgehead atoms. The number of amides is 1. The van der Waals surface area contributed by atoms with Gasteiger partial charge in [0.15, 0.2) is 0 Å². The van der Waals surface area contributed by atoms with Crippen molar-refractivity contribution in [3.8, 4) is 16.9 Å². The molecule has 1 atom stereocenters. The first-order chi connectivity index (χ1) is 17.9. The van der Waals surface area contributed by atoms with Crippen LogP contribution in [0.3, 0.4) is 0 Å². The van der Waals surface area contributed by atoms with Crippen LogP contribution in [0.5, 0.6) is 5.75 Å². The van der Waals surface area contributed by atoms with Gasteiger partial charge in [-0.3, -0.25) is 9.59 Å². The van der Waals surface area contributed by atoms with Crippen LogP contribution in [-0.4, -0.2) is 41.6 Å². The SMILES string of the molecule is CCOc1cc(CC(=O)O)ccc1-c1ccc(F)c2c1CN(C(=O)CC1OCCc3ccccc31)CC2. The topological polar surface area (TPSA) is 76.1 Å². The number of benzene rings is 3. The summed E-state index contributed by atoms with van der Waals surface area (Å²) < 4.78 is 26.7. The van der Waals surface area contributed by atoms with Gasteiger partial charge in [0, 0.05) is 18.7 Å². The fraction of sp³-hybridized carbons (Fsp3) is 0.333. The van der Waals surface area contributed by atoms with Crippen molar-refractivity contribution in [1.82, 2.24) is 4.90 Å². The molecular formula is C30H30FNO5. The molecule has 0 radical (unpaired) electrons. The van der Waals surface area contributed by atoms with E-state index < -0.39 is 5.97 Å². The predicted molar refractivity (Wildman–Crippen MR) is 137 cm³/mol. The van der Waals surface area contributed by atoms with Gasteiger partial charge in [-0.15, -0.1) is 0 Å². The molecule has 0 aliphatic carbocycles. The minimum atomic E-state index is -0.923. The van der Waals surface area contributed by atoms with Gasteiger partial charge in [0.2, 0.25) is 5.91 Å². The Morgan fingerprint density at radius 1 is 1.08 bits per heavy atom. The number of aliphatic carboxylic acids is 1. The number of fused-ring (bicyclic) bond motifs is 2. The Bertz CT molecular complexity index is 1340. The van der Waals surface area contributed by atoms with Crippen LogP contribution < -0.4 is 4.74 Å². The van der Waals surface area contributed by atoms with Crippen LogP contribution in [0.15, 0.2) is 54.6 Å². The average molecular weight is 504 g/mol. The summed E-state index contributed by atoms with van der Waals surface area (Å²) in [5.74, 6) is -0.681. The van der Waals surface area contributed by atoms with Crippen molar-refractivity contribution < 1.29 is 28.6 Å². The first-order valence-corrected chi connectivity index (χ1v) is 12.7. The zero-order valence-electron chi connectivity index (χ0n) is 20.8. The Balaban J connectivity index is 1.43. The van der Waals surface area contributed by atoms with E-state index in [0.29, 0.717) is 43.1 Å². The highest BCUT2D eigenvalue weighted by molar-refractivity contribution is 5.80. The van der Waals surface area contributed by atoms with Gasteiger partial charge in [-0.1, -0.05) is 42.5 Å². The minimum Gasteiger partial charge on any atom is -0.493 e. The van der Waals surface area contributed by atoms with Crippen molar-refractivity contribution >= 4 is 11.9 Å². The zero-order valence-corrected chi connectivity index (χ0v) is 20.8. The van der Waals surface area contributed by atoms with Crippen molar-refractivity contribution in [3.05, 3.63) is 88.2 Å². The molecule has 1 N–H and O–H groups in total. The van der Waals surface area contributed by atoms with E-state index in [1.807, 2.05) is 31.2 Å². The average Bonchev–Trinajstić information content (AvgIpc) is 2.89. The zero-order chi connectivity index (χ0) is 25.9. The number of ether oxygens (including phenoxy) is 2. The van der Waals surface area contributed by atoms with Crippen molar-refractivity contribution in [2.75, 3.05) is 19.8 Å². The molecule has 0 aromatic heterocycles. The summed E-state index contributed by atoms with van der Waals surface area (Å²) in [6.07, 6.45) is 1.11. The fourth-order valence-electron chi connectivity index (χ4n) is 5.38. The second-order valence-electron chi connectivity index (χ2n) is 9.46. The summed E-state index contributed by atoms with van der Waals surface area (Å²) in [5.41, 5.74) is 5.82. The molecule has 2 aliphatic heterocycles. The lowest BCUT2D eigenvalue weighted by Crippen LogP contribution is -2.38. The Labute approximate surface area is 215 Å². The predicted octanol–water partition coefficient (Wildman–Crippen LogP) is 5.11. The molecular weight excluding hydrogens is 473 g/mol. The number of hydrogen-bond donors (Lipinski definition) is 1. The molecule has 3 aromatic carbocycles. The molecule has 0 saturated heterocycles. The first kappa shape index (κ1) is 25.0. The van der Waals surface area contributed by atoms with Crippen LogP contribution in [0.2, 0.25) is 0 Å². The van der Waals surface area contributed by atoms with E-state index in [9.17, 15) is 19.1 Å². The normalized spacial score (nSPS) is 16.6. The van der Waals surface area contributed by atoms with Gasteiger partial charge in [-0.05, 0) is 65.3 Å². The Kier molecular flexibility index (Phi) is 7.24. The van der Waals surface area contributed by atoms with Gasteiger partial charge in [0.1, 0.15) is 11.6 Å². The van der Waals surface area contributed by atoms with E-state index in [2.05, 4.69) is 6.07 Å². The lowest BCUT2D eigenvalue weighted by atomic mass is 9.89. The third-order valence-electron chi connectivity index (χ3n) is 7.15. The number of carbonyl (C=O) groups excluding carboxylic acids is 1. The summed E-state index contributed by atoms with van der Waals surface area (Å²) in [6.45, 7) is 3.58. The molecule has 0 fully saturated rings. The highest BCUT2D eigenvalue weighted by Crippen LogP contribution is 2.38. The second-order valence-corrected chi connectivity index (χ2v) is 9.46. The van der Waals surface area contributed by atoms with Gasteiger partial charge >= 0.3 is 5.97 Å². The summed E-state index contributed by atoms with van der Waals surface area (Å²) in [7, 11) is 0. The smallest absolute Gasteiger partial charge is 0.307 e. The monoisotopic (exact) mass is 503 g/mol. The van der Waals surface area contributed by atoms with Crippen molar-refractivity contribution in [3.63, 3.8) is 0 Å². The molecule has 37 heavy (non-hydrogen) atoms.